The molecular formula is C14H16FNO3. The van der Waals surface area contributed by atoms with Crippen LogP contribution in [0.4, 0.5) is 4.39 Å². The van der Waals surface area contributed by atoms with Gasteiger partial charge in [-0.25, -0.2) is 4.39 Å². The molecule has 1 rings (SSSR count). The number of ether oxygens (including phenoxy) is 1. The fraction of sp³-hybridized carbons (Fsp3) is 0.357. The number of methoxy groups -OCH3 is 1. The third-order valence-corrected chi connectivity index (χ3v) is 2.73. The fourth-order valence-electron chi connectivity index (χ4n) is 1.62. The molecule has 4 nitrogen and oxygen atoms in total. The second kappa shape index (κ2) is 6.22. The van der Waals surface area contributed by atoms with Crippen molar-refractivity contribution in [3.8, 4) is 0 Å². The SMILES string of the molecule is COC(=O)C(C(=N)c1ccc(F)cc1)C(=O)C(C)C. The van der Waals surface area contributed by atoms with Crippen LogP contribution in [0.1, 0.15) is 19.4 Å². The van der Waals surface area contributed by atoms with Crippen molar-refractivity contribution in [2.45, 2.75) is 13.8 Å². The molecule has 0 aliphatic carbocycles. The zero-order chi connectivity index (χ0) is 14.6. The first-order valence-electron chi connectivity index (χ1n) is 5.84. The Morgan fingerprint density at radius 2 is 1.74 bits per heavy atom. The molecule has 0 saturated heterocycles. The number of ketones is 1. The Labute approximate surface area is 111 Å². The highest BCUT2D eigenvalue weighted by Gasteiger charge is 2.33. The van der Waals surface area contributed by atoms with Gasteiger partial charge >= 0.3 is 5.97 Å². The monoisotopic (exact) mass is 265 g/mol. The van der Waals surface area contributed by atoms with E-state index in [0.29, 0.717) is 5.56 Å². The van der Waals surface area contributed by atoms with Crippen LogP contribution in [-0.4, -0.2) is 24.6 Å². The van der Waals surface area contributed by atoms with E-state index in [1.54, 1.807) is 13.8 Å². The van der Waals surface area contributed by atoms with Crippen LogP contribution in [0, 0.1) is 23.1 Å². The first kappa shape index (κ1) is 15.0. The van der Waals surface area contributed by atoms with Crippen LogP contribution in [0.15, 0.2) is 24.3 Å². The highest BCUT2D eigenvalue weighted by atomic mass is 19.1. The van der Waals surface area contributed by atoms with E-state index in [0.717, 1.165) is 0 Å². The molecule has 0 aliphatic heterocycles. The van der Waals surface area contributed by atoms with Gasteiger partial charge in [0.15, 0.2) is 11.7 Å². The lowest BCUT2D eigenvalue weighted by Crippen LogP contribution is -2.35. The van der Waals surface area contributed by atoms with Crippen molar-refractivity contribution in [2.24, 2.45) is 11.8 Å². The van der Waals surface area contributed by atoms with Crippen LogP contribution in [0.3, 0.4) is 0 Å². The molecule has 1 unspecified atom stereocenters. The second-order valence-corrected chi connectivity index (χ2v) is 4.43. The average Bonchev–Trinajstić information content (AvgIpc) is 2.39. The summed E-state index contributed by atoms with van der Waals surface area (Å²) >= 11 is 0. The van der Waals surface area contributed by atoms with Crippen LogP contribution < -0.4 is 0 Å². The predicted octanol–water partition coefficient (Wildman–Crippen LogP) is 2.21. The van der Waals surface area contributed by atoms with Crippen molar-refractivity contribution in [3.05, 3.63) is 35.6 Å². The first-order valence-corrected chi connectivity index (χ1v) is 5.84. The lowest BCUT2D eigenvalue weighted by atomic mass is 9.88. The Morgan fingerprint density at radius 1 is 1.21 bits per heavy atom. The van der Waals surface area contributed by atoms with E-state index in [-0.39, 0.29) is 11.5 Å². The normalized spacial score (nSPS) is 12.1. The van der Waals surface area contributed by atoms with Gasteiger partial charge in [-0.15, -0.1) is 0 Å². The summed E-state index contributed by atoms with van der Waals surface area (Å²) in [7, 11) is 1.17. The molecule has 19 heavy (non-hydrogen) atoms. The zero-order valence-corrected chi connectivity index (χ0v) is 11.1. The summed E-state index contributed by atoms with van der Waals surface area (Å²) in [5.74, 6) is -3.27. The van der Waals surface area contributed by atoms with E-state index < -0.39 is 23.6 Å². The lowest BCUT2D eigenvalue weighted by Gasteiger charge is -2.17. The van der Waals surface area contributed by atoms with Crippen molar-refractivity contribution in [2.75, 3.05) is 7.11 Å². The summed E-state index contributed by atoms with van der Waals surface area (Å²) < 4.78 is 17.4. The van der Waals surface area contributed by atoms with Crippen molar-refractivity contribution in [1.82, 2.24) is 0 Å². The Hall–Kier alpha value is -2.04. The van der Waals surface area contributed by atoms with Crippen LogP contribution >= 0.6 is 0 Å². The molecule has 1 N–H and O–H groups in total. The summed E-state index contributed by atoms with van der Waals surface area (Å²) in [5, 5.41) is 7.97. The highest BCUT2D eigenvalue weighted by Crippen LogP contribution is 2.16. The predicted molar refractivity (Wildman–Crippen MR) is 68.6 cm³/mol. The summed E-state index contributed by atoms with van der Waals surface area (Å²) in [5.41, 5.74) is 0.149. The van der Waals surface area contributed by atoms with Gasteiger partial charge in [-0.05, 0) is 17.7 Å². The Morgan fingerprint density at radius 3 is 2.16 bits per heavy atom. The average molecular weight is 265 g/mol. The van der Waals surface area contributed by atoms with E-state index in [2.05, 4.69) is 4.74 Å². The number of halogens is 1. The molecule has 0 radical (unpaired) electrons. The minimum Gasteiger partial charge on any atom is -0.468 e. The van der Waals surface area contributed by atoms with Crippen LogP contribution in [-0.2, 0) is 14.3 Å². The number of Topliss-reactive ketones (excluding diaryl/α,β-unsaturated/α-hetero) is 1. The third-order valence-electron chi connectivity index (χ3n) is 2.73. The molecule has 102 valence electrons. The molecule has 5 heteroatoms. The summed E-state index contributed by atoms with van der Waals surface area (Å²) in [4.78, 5) is 23.7. The van der Waals surface area contributed by atoms with Crippen LogP contribution in [0.25, 0.3) is 0 Å². The Bertz CT molecular complexity index is 494. The minimum atomic E-state index is -1.27. The second-order valence-electron chi connectivity index (χ2n) is 4.43. The van der Waals surface area contributed by atoms with Gasteiger partial charge < -0.3 is 10.1 Å². The maximum absolute atomic E-state index is 12.8. The summed E-state index contributed by atoms with van der Waals surface area (Å²) in [6.07, 6.45) is 0. The quantitative estimate of drug-likeness (QED) is 0.504. The lowest BCUT2D eigenvalue weighted by molar-refractivity contribution is -0.147. The molecule has 0 fully saturated rings. The van der Waals surface area contributed by atoms with Gasteiger partial charge in [0.25, 0.3) is 0 Å². The van der Waals surface area contributed by atoms with Gasteiger partial charge in [0, 0.05) is 5.92 Å². The molecule has 0 aromatic heterocycles. The largest absolute Gasteiger partial charge is 0.468 e. The number of nitrogens with one attached hydrogen (secondary N) is 1. The van der Waals surface area contributed by atoms with Gasteiger partial charge in [-0.2, -0.15) is 0 Å². The van der Waals surface area contributed by atoms with E-state index in [1.807, 2.05) is 0 Å². The molecule has 0 bridgehead atoms. The zero-order valence-electron chi connectivity index (χ0n) is 11.1. The Balaban J connectivity index is 3.11. The molecule has 1 atom stereocenters. The van der Waals surface area contributed by atoms with Crippen molar-refractivity contribution in [1.29, 1.82) is 5.41 Å². The molecule has 1 aromatic rings. The Kier molecular flexibility index (Phi) is 4.92. The van der Waals surface area contributed by atoms with E-state index in [1.165, 1.54) is 31.4 Å². The van der Waals surface area contributed by atoms with E-state index in [4.69, 9.17) is 5.41 Å². The first-order chi connectivity index (χ1) is 8.88. The highest BCUT2D eigenvalue weighted by molar-refractivity contribution is 6.23. The molecule has 0 saturated carbocycles. The van der Waals surface area contributed by atoms with Gasteiger partial charge in [-0.1, -0.05) is 26.0 Å². The number of benzene rings is 1. The standard InChI is InChI=1S/C14H16FNO3/c1-8(2)13(17)11(14(18)19-3)12(16)9-4-6-10(15)7-5-9/h4-8,11,16H,1-3H3. The summed E-state index contributed by atoms with van der Waals surface area (Å²) in [6, 6.07) is 5.08. The molecule has 0 aliphatic rings. The van der Waals surface area contributed by atoms with Crippen LogP contribution in [0.5, 0.6) is 0 Å². The van der Waals surface area contributed by atoms with Gasteiger partial charge in [-0.3, -0.25) is 9.59 Å². The molecule has 1 aromatic carbocycles. The molecular weight excluding hydrogens is 249 g/mol. The van der Waals surface area contributed by atoms with Gasteiger partial charge in [0.1, 0.15) is 5.82 Å². The number of hydrogen-bond acceptors (Lipinski definition) is 4. The van der Waals surface area contributed by atoms with Crippen molar-refractivity contribution >= 4 is 17.5 Å². The van der Waals surface area contributed by atoms with Crippen molar-refractivity contribution < 1.29 is 18.7 Å². The number of esters is 1. The van der Waals surface area contributed by atoms with Gasteiger partial charge in [0.05, 0.1) is 12.8 Å². The van der Waals surface area contributed by atoms with Crippen LogP contribution in [0.2, 0.25) is 0 Å². The number of carbonyl (C=O) groups excluding carboxylic acids is 2. The number of hydrogen-bond donors (Lipinski definition) is 1. The van der Waals surface area contributed by atoms with Gasteiger partial charge in [0.2, 0.25) is 0 Å². The number of carbonyl (C=O) groups is 2. The van der Waals surface area contributed by atoms with E-state index >= 15 is 0 Å². The maximum Gasteiger partial charge on any atom is 0.322 e. The topological polar surface area (TPSA) is 67.2 Å². The molecule has 0 heterocycles. The molecule has 0 spiro atoms. The smallest absolute Gasteiger partial charge is 0.322 e. The third kappa shape index (κ3) is 3.47. The number of rotatable bonds is 5. The van der Waals surface area contributed by atoms with E-state index in [9.17, 15) is 14.0 Å². The van der Waals surface area contributed by atoms with Crippen molar-refractivity contribution in [3.63, 3.8) is 0 Å². The summed E-state index contributed by atoms with van der Waals surface area (Å²) in [6.45, 7) is 3.30. The minimum absolute atomic E-state index is 0.175. The fourth-order valence-corrected chi connectivity index (χ4v) is 1.62. The maximum atomic E-state index is 12.8. The molecule has 0 amide bonds.